The van der Waals surface area contributed by atoms with E-state index in [0.29, 0.717) is 5.41 Å². The predicted octanol–water partition coefficient (Wildman–Crippen LogP) is 4.67. The average Bonchev–Trinajstić information content (AvgIpc) is 2.37. The average molecular weight is 216 g/mol. The summed E-state index contributed by atoms with van der Waals surface area (Å²) in [5.74, 6) is 0. The Hall–Kier alpha value is -0.780. The van der Waals surface area contributed by atoms with Gasteiger partial charge in [0.05, 0.1) is 0 Å². The first-order valence-electron chi connectivity index (χ1n) is 6.39. The summed E-state index contributed by atoms with van der Waals surface area (Å²) in [4.78, 5) is 0. The number of rotatable bonds is 1. The molecule has 1 aliphatic carbocycles. The Morgan fingerprint density at radius 2 is 1.19 bits per heavy atom. The van der Waals surface area contributed by atoms with Gasteiger partial charge in [-0.05, 0) is 33.8 Å². The molecule has 0 radical (unpaired) electrons. The Balaban J connectivity index is 2.76. The molecule has 0 fully saturated rings. The van der Waals surface area contributed by atoms with Crippen LogP contribution in [-0.4, -0.2) is 0 Å². The monoisotopic (exact) mass is 216 g/mol. The second kappa shape index (κ2) is 3.12. The van der Waals surface area contributed by atoms with Crippen LogP contribution in [0.3, 0.4) is 0 Å². The first-order chi connectivity index (χ1) is 7.29. The Labute approximate surface area is 100 Å². The van der Waals surface area contributed by atoms with Gasteiger partial charge in [0.2, 0.25) is 0 Å². The second-order valence-electron chi connectivity index (χ2n) is 6.48. The summed E-state index contributed by atoms with van der Waals surface area (Å²) in [6.45, 7) is 14.4. The van der Waals surface area contributed by atoms with Gasteiger partial charge in [0.1, 0.15) is 0 Å². The summed E-state index contributed by atoms with van der Waals surface area (Å²) in [5, 5.41) is 0. The summed E-state index contributed by atoms with van der Waals surface area (Å²) in [5.41, 5.74) is 3.96. The van der Waals surface area contributed by atoms with E-state index >= 15 is 0 Å². The van der Waals surface area contributed by atoms with Crippen LogP contribution in [0.15, 0.2) is 24.3 Å². The van der Waals surface area contributed by atoms with Crippen molar-refractivity contribution in [1.29, 1.82) is 0 Å². The van der Waals surface area contributed by atoms with Crippen molar-refractivity contribution in [2.45, 2.75) is 58.8 Å². The highest BCUT2D eigenvalue weighted by atomic mass is 14.6. The quantitative estimate of drug-likeness (QED) is 0.640. The van der Waals surface area contributed by atoms with Crippen molar-refractivity contribution >= 4 is 0 Å². The summed E-state index contributed by atoms with van der Waals surface area (Å²) in [6, 6.07) is 8.99. The van der Waals surface area contributed by atoms with Crippen molar-refractivity contribution in [3.8, 4) is 0 Å². The van der Waals surface area contributed by atoms with Crippen LogP contribution in [0.25, 0.3) is 0 Å². The fraction of sp³-hybridized carbons (Fsp3) is 0.625. The Morgan fingerprint density at radius 1 is 0.812 bits per heavy atom. The zero-order valence-electron chi connectivity index (χ0n) is 11.5. The van der Waals surface area contributed by atoms with Crippen molar-refractivity contribution in [3.63, 3.8) is 0 Å². The van der Waals surface area contributed by atoms with Crippen LogP contribution < -0.4 is 0 Å². The van der Waals surface area contributed by atoms with Gasteiger partial charge in [0.15, 0.2) is 0 Å². The highest BCUT2D eigenvalue weighted by molar-refractivity contribution is 5.48. The lowest BCUT2D eigenvalue weighted by molar-refractivity contribution is 0.0943. The molecule has 0 heteroatoms. The minimum absolute atomic E-state index is 0.266. The number of hydrogen-bond acceptors (Lipinski definition) is 0. The summed E-state index contributed by atoms with van der Waals surface area (Å²) < 4.78 is 0. The zero-order chi connectivity index (χ0) is 12.2. The lowest BCUT2D eigenvalue weighted by atomic mass is 9.57. The molecule has 1 aromatic rings. The zero-order valence-corrected chi connectivity index (χ0v) is 11.5. The topological polar surface area (TPSA) is 0 Å². The molecule has 0 saturated heterocycles. The minimum atomic E-state index is 0.266. The van der Waals surface area contributed by atoms with Gasteiger partial charge in [-0.3, -0.25) is 0 Å². The van der Waals surface area contributed by atoms with E-state index in [2.05, 4.69) is 65.8 Å². The molecule has 0 amide bonds. The van der Waals surface area contributed by atoms with E-state index in [1.807, 2.05) is 0 Å². The Kier molecular flexibility index (Phi) is 2.28. The van der Waals surface area contributed by atoms with E-state index in [1.54, 1.807) is 11.1 Å². The number of benzene rings is 1. The van der Waals surface area contributed by atoms with Gasteiger partial charge in [-0.1, -0.05) is 65.8 Å². The van der Waals surface area contributed by atoms with Crippen molar-refractivity contribution in [2.75, 3.05) is 0 Å². The maximum Gasteiger partial charge on any atom is -0.00387 e. The van der Waals surface area contributed by atoms with Gasteiger partial charge >= 0.3 is 0 Å². The smallest absolute Gasteiger partial charge is 0.00387 e. The van der Waals surface area contributed by atoms with Crippen molar-refractivity contribution in [2.24, 2.45) is 5.41 Å². The van der Waals surface area contributed by atoms with Crippen LogP contribution in [0.4, 0.5) is 0 Å². The molecule has 0 heterocycles. The van der Waals surface area contributed by atoms with Crippen LogP contribution in [0.2, 0.25) is 0 Å². The standard InChI is InChI=1S/C16H24/c1-7-16(6)14(2,3)12-10-8-9-11-13(12)15(16,4)5/h8-11H,7H2,1-6H3. The maximum atomic E-state index is 2.45. The van der Waals surface area contributed by atoms with Crippen molar-refractivity contribution in [3.05, 3.63) is 35.4 Å². The van der Waals surface area contributed by atoms with Gasteiger partial charge < -0.3 is 0 Å². The summed E-state index contributed by atoms with van der Waals surface area (Å²) >= 11 is 0. The third kappa shape index (κ3) is 1.06. The van der Waals surface area contributed by atoms with Gasteiger partial charge in [-0.15, -0.1) is 0 Å². The van der Waals surface area contributed by atoms with Crippen molar-refractivity contribution < 1.29 is 0 Å². The third-order valence-electron chi connectivity index (χ3n) is 5.74. The summed E-state index contributed by atoms with van der Waals surface area (Å²) in [7, 11) is 0. The second-order valence-corrected chi connectivity index (χ2v) is 6.48. The van der Waals surface area contributed by atoms with Crippen molar-refractivity contribution in [1.82, 2.24) is 0 Å². The maximum absolute atomic E-state index is 2.45. The van der Waals surface area contributed by atoms with Gasteiger partial charge in [-0.25, -0.2) is 0 Å². The minimum Gasteiger partial charge on any atom is -0.0648 e. The summed E-state index contributed by atoms with van der Waals surface area (Å²) in [6.07, 6.45) is 1.22. The molecule has 0 aromatic heterocycles. The largest absolute Gasteiger partial charge is 0.0648 e. The molecule has 88 valence electrons. The molecule has 0 saturated carbocycles. The molecular formula is C16H24. The lowest BCUT2D eigenvalue weighted by Crippen LogP contribution is -2.44. The molecule has 2 rings (SSSR count). The van der Waals surface area contributed by atoms with Crippen LogP contribution >= 0.6 is 0 Å². The van der Waals surface area contributed by atoms with Gasteiger partial charge in [0, 0.05) is 0 Å². The van der Waals surface area contributed by atoms with E-state index in [0.717, 1.165) is 0 Å². The number of fused-ring (bicyclic) bond motifs is 1. The third-order valence-corrected chi connectivity index (χ3v) is 5.74. The molecule has 0 unspecified atom stereocenters. The van der Waals surface area contributed by atoms with E-state index in [-0.39, 0.29) is 10.8 Å². The fourth-order valence-corrected chi connectivity index (χ4v) is 3.83. The molecule has 16 heavy (non-hydrogen) atoms. The predicted molar refractivity (Wildman–Crippen MR) is 70.9 cm³/mol. The molecular weight excluding hydrogens is 192 g/mol. The van der Waals surface area contributed by atoms with Gasteiger partial charge in [0.25, 0.3) is 0 Å². The van der Waals surface area contributed by atoms with Crippen LogP contribution in [-0.2, 0) is 10.8 Å². The van der Waals surface area contributed by atoms with Gasteiger partial charge in [-0.2, -0.15) is 0 Å². The van der Waals surface area contributed by atoms with E-state index in [1.165, 1.54) is 6.42 Å². The number of hydrogen-bond donors (Lipinski definition) is 0. The normalized spacial score (nSPS) is 24.1. The fourth-order valence-electron chi connectivity index (χ4n) is 3.83. The molecule has 0 atom stereocenters. The molecule has 0 N–H and O–H groups in total. The Bertz CT molecular complexity index is 375. The molecule has 1 aromatic carbocycles. The van der Waals surface area contributed by atoms with E-state index in [4.69, 9.17) is 0 Å². The highest BCUT2D eigenvalue weighted by Crippen LogP contribution is 2.62. The molecule has 0 nitrogen and oxygen atoms in total. The molecule has 0 aliphatic heterocycles. The first-order valence-corrected chi connectivity index (χ1v) is 6.39. The SMILES string of the molecule is CCC1(C)C(C)(C)c2ccccc2C1(C)C. The highest BCUT2D eigenvalue weighted by Gasteiger charge is 2.58. The van der Waals surface area contributed by atoms with Crippen LogP contribution in [0.5, 0.6) is 0 Å². The van der Waals surface area contributed by atoms with E-state index < -0.39 is 0 Å². The van der Waals surface area contributed by atoms with E-state index in [9.17, 15) is 0 Å². The molecule has 0 bridgehead atoms. The Morgan fingerprint density at radius 3 is 1.50 bits per heavy atom. The lowest BCUT2D eigenvalue weighted by Gasteiger charge is -2.47. The first kappa shape index (κ1) is 11.7. The molecule has 1 aliphatic rings. The van der Waals surface area contributed by atoms with Crippen LogP contribution in [0, 0.1) is 5.41 Å². The molecule has 0 spiro atoms. The van der Waals surface area contributed by atoms with Crippen LogP contribution in [0.1, 0.15) is 59.1 Å².